The number of furan rings is 1. The van der Waals surface area contributed by atoms with Crippen LogP contribution < -0.4 is 16.4 Å². The Kier molecular flexibility index (Phi) is 9.94. The number of amides is 2. The minimum absolute atomic E-state index is 0. The first kappa shape index (κ1) is 22.8. The highest BCUT2D eigenvalue weighted by atomic mass is 127. The molecule has 0 aromatic carbocycles. The number of piperidine rings is 1. The van der Waals surface area contributed by atoms with Crippen LogP contribution in [0.25, 0.3) is 0 Å². The SMILES string of the molecule is I.NC(=O)N1CCC(NC(=NCC2CCCCC2)NCCc2ccco2)CC1. The molecule has 0 radical (unpaired) electrons. The van der Waals surface area contributed by atoms with E-state index < -0.39 is 0 Å². The Morgan fingerprint density at radius 1 is 1.21 bits per heavy atom. The molecule has 0 unspecified atom stereocenters. The van der Waals surface area contributed by atoms with Crippen molar-refractivity contribution in [3.63, 3.8) is 0 Å². The van der Waals surface area contributed by atoms with Gasteiger partial charge in [0.15, 0.2) is 5.96 Å². The fourth-order valence-electron chi connectivity index (χ4n) is 3.94. The Morgan fingerprint density at radius 3 is 2.61 bits per heavy atom. The van der Waals surface area contributed by atoms with Gasteiger partial charge in [0.2, 0.25) is 0 Å². The quantitative estimate of drug-likeness (QED) is 0.316. The van der Waals surface area contributed by atoms with Gasteiger partial charge in [-0.1, -0.05) is 19.3 Å². The molecule has 2 fully saturated rings. The normalized spacial score (nSPS) is 19.1. The van der Waals surface area contributed by atoms with Crippen LogP contribution in [-0.4, -0.2) is 49.1 Å². The summed E-state index contributed by atoms with van der Waals surface area (Å²) < 4.78 is 5.41. The van der Waals surface area contributed by atoms with Gasteiger partial charge in [0.25, 0.3) is 0 Å². The summed E-state index contributed by atoms with van der Waals surface area (Å²) in [6.45, 7) is 3.07. The maximum atomic E-state index is 11.3. The number of halogens is 1. The summed E-state index contributed by atoms with van der Waals surface area (Å²) in [6, 6.07) is 3.91. The maximum Gasteiger partial charge on any atom is 0.314 e. The summed E-state index contributed by atoms with van der Waals surface area (Å²) in [5.41, 5.74) is 5.38. The molecule has 1 aliphatic heterocycles. The molecule has 3 rings (SSSR count). The van der Waals surface area contributed by atoms with Crippen LogP contribution in [0.2, 0.25) is 0 Å². The Bertz CT molecular complexity index is 594. The lowest BCUT2D eigenvalue weighted by atomic mass is 9.89. The zero-order chi connectivity index (χ0) is 18.9. The lowest BCUT2D eigenvalue weighted by Gasteiger charge is -2.32. The van der Waals surface area contributed by atoms with Crippen molar-refractivity contribution in [1.29, 1.82) is 0 Å². The lowest BCUT2D eigenvalue weighted by molar-refractivity contribution is 0.188. The van der Waals surface area contributed by atoms with Gasteiger partial charge in [0.05, 0.1) is 6.26 Å². The Balaban J connectivity index is 0.00000280. The van der Waals surface area contributed by atoms with Crippen LogP contribution >= 0.6 is 24.0 Å². The third-order valence-corrected chi connectivity index (χ3v) is 5.62. The van der Waals surface area contributed by atoms with Crippen LogP contribution in [0.1, 0.15) is 50.7 Å². The van der Waals surface area contributed by atoms with E-state index >= 15 is 0 Å². The molecule has 28 heavy (non-hydrogen) atoms. The number of carbonyl (C=O) groups excluding carboxylic acids is 1. The molecular weight excluding hydrogens is 469 g/mol. The standard InChI is InChI=1S/C20H33N5O2.HI/c21-19(26)25-12-9-17(10-13-25)24-20(22-11-8-18-7-4-14-27-18)23-15-16-5-2-1-3-6-16;/h4,7,14,16-17H,1-3,5-6,8-13,15H2,(H2,21,26)(H2,22,23,24);1H. The molecule has 158 valence electrons. The van der Waals surface area contributed by atoms with E-state index in [1.165, 1.54) is 32.1 Å². The third-order valence-electron chi connectivity index (χ3n) is 5.62. The van der Waals surface area contributed by atoms with Gasteiger partial charge in [-0.3, -0.25) is 4.99 Å². The van der Waals surface area contributed by atoms with Crippen LogP contribution in [-0.2, 0) is 6.42 Å². The number of nitrogens with one attached hydrogen (secondary N) is 2. The number of aliphatic imine (C=N–C) groups is 1. The number of likely N-dealkylation sites (tertiary alicyclic amines) is 1. The summed E-state index contributed by atoms with van der Waals surface area (Å²) >= 11 is 0. The number of guanidine groups is 1. The molecule has 8 heteroatoms. The molecule has 0 bridgehead atoms. The molecule has 1 aliphatic carbocycles. The third kappa shape index (κ3) is 7.52. The van der Waals surface area contributed by atoms with Crippen molar-refractivity contribution < 1.29 is 9.21 Å². The molecule has 1 aromatic rings. The molecular formula is C20H34IN5O2. The molecule has 2 aliphatic rings. The van der Waals surface area contributed by atoms with Gasteiger partial charge >= 0.3 is 6.03 Å². The average Bonchev–Trinajstić information content (AvgIpc) is 3.21. The van der Waals surface area contributed by atoms with Gasteiger partial charge in [-0.15, -0.1) is 24.0 Å². The van der Waals surface area contributed by atoms with Crippen molar-refractivity contribution in [2.45, 2.75) is 57.4 Å². The van der Waals surface area contributed by atoms with E-state index in [9.17, 15) is 4.79 Å². The van der Waals surface area contributed by atoms with Crippen molar-refractivity contribution in [1.82, 2.24) is 15.5 Å². The van der Waals surface area contributed by atoms with Gasteiger partial charge in [-0.05, 0) is 43.7 Å². The van der Waals surface area contributed by atoms with Crippen molar-refractivity contribution >= 4 is 36.0 Å². The van der Waals surface area contributed by atoms with Crippen molar-refractivity contribution in [2.24, 2.45) is 16.6 Å². The molecule has 2 amide bonds. The van der Waals surface area contributed by atoms with Gasteiger partial charge < -0.3 is 25.7 Å². The molecule has 1 aromatic heterocycles. The number of primary amides is 1. The van der Waals surface area contributed by atoms with E-state index in [2.05, 4.69) is 10.6 Å². The van der Waals surface area contributed by atoms with E-state index in [1.54, 1.807) is 11.2 Å². The second kappa shape index (κ2) is 12.2. The largest absolute Gasteiger partial charge is 0.469 e. The molecule has 2 heterocycles. The van der Waals surface area contributed by atoms with Crippen LogP contribution in [0, 0.1) is 5.92 Å². The highest BCUT2D eigenvalue weighted by Gasteiger charge is 2.22. The topological polar surface area (TPSA) is 95.9 Å². The molecule has 4 N–H and O–H groups in total. The van der Waals surface area contributed by atoms with Gasteiger partial charge in [-0.2, -0.15) is 0 Å². The number of nitrogens with zero attached hydrogens (tertiary/aromatic N) is 2. The predicted octanol–water partition coefficient (Wildman–Crippen LogP) is 3.10. The first-order chi connectivity index (χ1) is 13.2. The minimum Gasteiger partial charge on any atom is -0.469 e. The Hall–Kier alpha value is -1.45. The fraction of sp³-hybridized carbons (Fsp3) is 0.700. The highest BCUT2D eigenvalue weighted by Crippen LogP contribution is 2.23. The predicted molar refractivity (Wildman–Crippen MR) is 122 cm³/mol. The van der Waals surface area contributed by atoms with Crippen LogP contribution in [0.5, 0.6) is 0 Å². The number of rotatable bonds is 6. The minimum atomic E-state index is -0.323. The highest BCUT2D eigenvalue weighted by molar-refractivity contribution is 14.0. The first-order valence-corrected chi connectivity index (χ1v) is 10.3. The zero-order valence-electron chi connectivity index (χ0n) is 16.6. The number of hydrogen-bond acceptors (Lipinski definition) is 3. The van der Waals surface area contributed by atoms with E-state index in [0.717, 1.165) is 44.1 Å². The Morgan fingerprint density at radius 2 is 1.96 bits per heavy atom. The fourth-order valence-corrected chi connectivity index (χ4v) is 3.94. The zero-order valence-corrected chi connectivity index (χ0v) is 18.9. The van der Waals surface area contributed by atoms with Crippen LogP contribution in [0.15, 0.2) is 27.8 Å². The van der Waals surface area contributed by atoms with E-state index in [4.69, 9.17) is 15.1 Å². The smallest absolute Gasteiger partial charge is 0.314 e. The second-order valence-corrected chi connectivity index (χ2v) is 7.69. The number of nitrogens with two attached hydrogens (primary N) is 1. The summed E-state index contributed by atoms with van der Waals surface area (Å²) in [4.78, 5) is 17.9. The van der Waals surface area contributed by atoms with Crippen molar-refractivity contribution in [2.75, 3.05) is 26.2 Å². The molecule has 0 spiro atoms. The maximum absolute atomic E-state index is 11.3. The van der Waals surface area contributed by atoms with Gasteiger partial charge in [0.1, 0.15) is 5.76 Å². The first-order valence-electron chi connectivity index (χ1n) is 10.3. The second-order valence-electron chi connectivity index (χ2n) is 7.69. The monoisotopic (exact) mass is 503 g/mol. The Labute approximate surface area is 184 Å². The van der Waals surface area contributed by atoms with E-state index in [-0.39, 0.29) is 30.0 Å². The van der Waals surface area contributed by atoms with Crippen LogP contribution in [0.3, 0.4) is 0 Å². The lowest BCUT2D eigenvalue weighted by Crippen LogP contribution is -2.51. The van der Waals surface area contributed by atoms with Crippen LogP contribution in [0.4, 0.5) is 4.79 Å². The summed E-state index contributed by atoms with van der Waals surface area (Å²) in [6.07, 6.45) is 10.9. The molecule has 1 saturated carbocycles. The van der Waals surface area contributed by atoms with Gasteiger partial charge in [-0.25, -0.2) is 4.79 Å². The number of carbonyl (C=O) groups is 1. The molecule has 1 saturated heterocycles. The average molecular weight is 503 g/mol. The number of urea groups is 1. The number of hydrogen-bond donors (Lipinski definition) is 3. The van der Waals surface area contributed by atoms with Crippen molar-refractivity contribution in [3.8, 4) is 0 Å². The summed E-state index contributed by atoms with van der Waals surface area (Å²) in [5, 5.41) is 7.02. The molecule has 0 atom stereocenters. The molecule has 7 nitrogen and oxygen atoms in total. The summed E-state index contributed by atoms with van der Waals surface area (Å²) in [7, 11) is 0. The van der Waals surface area contributed by atoms with E-state index in [1.807, 2.05) is 12.1 Å². The van der Waals surface area contributed by atoms with Crippen molar-refractivity contribution in [3.05, 3.63) is 24.2 Å². The summed E-state index contributed by atoms with van der Waals surface area (Å²) in [5.74, 6) is 2.56. The van der Waals surface area contributed by atoms with E-state index in [0.29, 0.717) is 25.0 Å². The van der Waals surface area contributed by atoms with Gasteiger partial charge in [0, 0.05) is 38.6 Å².